The van der Waals surface area contributed by atoms with Gasteiger partial charge < -0.3 is 4.90 Å². The van der Waals surface area contributed by atoms with Gasteiger partial charge in [-0.1, -0.05) is 0 Å². The first-order valence-electron chi connectivity index (χ1n) is 5.50. The molecule has 0 radical (unpaired) electrons. The van der Waals surface area contributed by atoms with Crippen molar-refractivity contribution >= 4 is 17.5 Å². The fourth-order valence-corrected chi connectivity index (χ4v) is 1.40. The molecule has 0 fully saturated rings. The number of hydrogen-bond acceptors (Lipinski definition) is 3. The zero-order chi connectivity index (χ0) is 15.5. The minimum Gasteiger partial charge on any atom is -0.345 e. The van der Waals surface area contributed by atoms with Gasteiger partial charge in [-0.2, -0.15) is 9.90 Å². The minimum absolute atomic E-state index is 0.115. The second-order valence-corrected chi connectivity index (χ2v) is 4.10. The minimum atomic E-state index is -4.98. The van der Waals surface area contributed by atoms with Gasteiger partial charge in [0.15, 0.2) is 0 Å². The summed E-state index contributed by atoms with van der Waals surface area (Å²) in [6, 6.07) is 5.02. The van der Waals surface area contributed by atoms with Crippen LogP contribution in [0.3, 0.4) is 0 Å². The van der Waals surface area contributed by atoms with Crippen LogP contribution in [0.15, 0.2) is 24.3 Å². The van der Waals surface area contributed by atoms with Crippen molar-refractivity contribution in [2.45, 2.75) is 13.3 Å². The Hall–Kier alpha value is -2.09. The van der Waals surface area contributed by atoms with Crippen molar-refractivity contribution in [2.75, 3.05) is 19.2 Å². The summed E-state index contributed by atoms with van der Waals surface area (Å²) < 4.78 is 36.6. The van der Waals surface area contributed by atoms with Crippen LogP contribution in [-0.4, -0.2) is 37.2 Å². The van der Waals surface area contributed by atoms with Crippen LogP contribution < -0.4 is 5.06 Å². The molecule has 2 amide bonds. The van der Waals surface area contributed by atoms with Gasteiger partial charge in [0.2, 0.25) is 5.91 Å². The van der Waals surface area contributed by atoms with E-state index >= 15 is 0 Å². The normalized spacial score (nSPS) is 11.1. The lowest BCUT2D eigenvalue weighted by Gasteiger charge is -2.21. The van der Waals surface area contributed by atoms with Gasteiger partial charge in [0.1, 0.15) is 0 Å². The summed E-state index contributed by atoms with van der Waals surface area (Å²) in [4.78, 5) is 27.7. The average Bonchev–Trinajstić information content (AvgIpc) is 2.34. The summed E-state index contributed by atoms with van der Waals surface area (Å²) in [7, 11) is 3.09. The van der Waals surface area contributed by atoms with E-state index < -0.39 is 12.3 Å². The summed E-state index contributed by atoms with van der Waals surface area (Å²) >= 11 is 0. The summed E-state index contributed by atoms with van der Waals surface area (Å²) in [5, 5.41) is 0.115. The number of rotatable bonds is 3. The van der Waals surface area contributed by atoms with E-state index in [9.17, 15) is 22.8 Å². The first-order valence-corrected chi connectivity index (χ1v) is 5.50. The Balaban J connectivity index is 3.00. The third-order valence-electron chi connectivity index (χ3n) is 2.24. The van der Waals surface area contributed by atoms with Crippen LogP contribution in [0.4, 0.5) is 18.9 Å². The molecular weight excluding hydrogens is 277 g/mol. The number of halogens is 3. The average molecular weight is 290 g/mol. The van der Waals surface area contributed by atoms with Crippen molar-refractivity contribution in [3.8, 4) is 0 Å². The van der Waals surface area contributed by atoms with Crippen molar-refractivity contribution < 1.29 is 27.6 Å². The maximum Gasteiger partial charge on any atom is 0.544 e. The first-order chi connectivity index (χ1) is 9.11. The smallest absolute Gasteiger partial charge is 0.345 e. The number of carbonyl (C=O) groups excluding carboxylic acids is 2. The predicted molar refractivity (Wildman–Crippen MR) is 64.8 cm³/mol. The Morgan fingerprint density at radius 2 is 1.60 bits per heavy atom. The quantitative estimate of drug-likeness (QED) is 0.802. The summed E-state index contributed by atoms with van der Waals surface area (Å²) in [6.07, 6.45) is -4.98. The fourth-order valence-electron chi connectivity index (χ4n) is 1.40. The molecule has 110 valence electrons. The van der Waals surface area contributed by atoms with Crippen molar-refractivity contribution in [2.24, 2.45) is 0 Å². The van der Waals surface area contributed by atoms with E-state index in [0.29, 0.717) is 0 Å². The lowest BCUT2D eigenvalue weighted by molar-refractivity contribution is -0.327. The number of carbonyl (C=O) groups is 2. The van der Waals surface area contributed by atoms with Gasteiger partial charge >= 0.3 is 6.36 Å². The van der Waals surface area contributed by atoms with E-state index in [-0.39, 0.29) is 22.2 Å². The molecule has 0 N–H and O–H groups in total. The third kappa shape index (κ3) is 4.23. The lowest BCUT2D eigenvalue weighted by atomic mass is 10.2. The molecule has 0 saturated heterocycles. The second kappa shape index (κ2) is 5.91. The summed E-state index contributed by atoms with van der Waals surface area (Å²) in [6.45, 7) is 0.935. The predicted octanol–water partition coefficient (Wildman–Crippen LogP) is 2.19. The molecule has 1 aromatic rings. The third-order valence-corrected chi connectivity index (χ3v) is 2.24. The number of hydroxylamine groups is 1. The summed E-state index contributed by atoms with van der Waals surface area (Å²) in [5.41, 5.74) is 0.166. The van der Waals surface area contributed by atoms with Gasteiger partial charge in [0.05, 0.1) is 5.69 Å². The van der Waals surface area contributed by atoms with Crippen LogP contribution in [-0.2, 0) is 9.63 Å². The van der Waals surface area contributed by atoms with Crippen molar-refractivity contribution in [3.05, 3.63) is 29.8 Å². The molecule has 0 aliphatic rings. The van der Waals surface area contributed by atoms with Crippen LogP contribution in [0.2, 0.25) is 0 Å². The van der Waals surface area contributed by atoms with Crippen molar-refractivity contribution in [1.29, 1.82) is 0 Å². The van der Waals surface area contributed by atoms with Crippen LogP contribution in [0.5, 0.6) is 0 Å². The molecule has 1 rings (SSSR count). The molecule has 0 atom stereocenters. The number of anilines is 1. The van der Waals surface area contributed by atoms with E-state index in [1.54, 1.807) is 14.1 Å². The number of benzene rings is 1. The van der Waals surface area contributed by atoms with Gasteiger partial charge in [-0.3, -0.25) is 9.59 Å². The molecule has 0 bridgehead atoms. The van der Waals surface area contributed by atoms with E-state index in [1.807, 2.05) is 0 Å². The van der Waals surface area contributed by atoms with E-state index in [2.05, 4.69) is 4.84 Å². The van der Waals surface area contributed by atoms with E-state index in [0.717, 1.165) is 6.92 Å². The molecule has 0 aromatic heterocycles. The largest absolute Gasteiger partial charge is 0.544 e. The Morgan fingerprint density at radius 1 is 1.10 bits per heavy atom. The molecule has 20 heavy (non-hydrogen) atoms. The SMILES string of the molecule is CC(=O)N(OC(F)(F)F)c1ccc(C(=O)N(C)C)cc1. The Kier molecular flexibility index (Phi) is 4.72. The van der Waals surface area contributed by atoms with E-state index in [4.69, 9.17) is 0 Å². The molecule has 0 unspecified atom stereocenters. The maximum absolute atomic E-state index is 12.2. The molecular formula is C12H13F3N2O3. The second-order valence-electron chi connectivity index (χ2n) is 4.10. The van der Waals surface area contributed by atoms with Gasteiger partial charge in [-0.25, -0.2) is 0 Å². The van der Waals surface area contributed by atoms with Crippen molar-refractivity contribution in [3.63, 3.8) is 0 Å². The topological polar surface area (TPSA) is 49.9 Å². The number of hydrogen-bond donors (Lipinski definition) is 0. The Labute approximate surface area is 113 Å². The maximum atomic E-state index is 12.2. The van der Waals surface area contributed by atoms with Crippen LogP contribution in [0, 0.1) is 0 Å². The lowest BCUT2D eigenvalue weighted by Crippen LogP contribution is -2.35. The molecule has 0 aliphatic heterocycles. The highest BCUT2D eigenvalue weighted by Gasteiger charge is 2.35. The van der Waals surface area contributed by atoms with Crippen molar-refractivity contribution in [1.82, 2.24) is 4.90 Å². The highest BCUT2D eigenvalue weighted by atomic mass is 19.4. The Bertz CT molecular complexity index is 498. The molecule has 8 heteroatoms. The number of amides is 2. The molecule has 1 aromatic carbocycles. The first kappa shape index (κ1) is 16.0. The van der Waals surface area contributed by atoms with Gasteiger partial charge in [0.25, 0.3) is 5.91 Å². The van der Waals surface area contributed by atoms with Gasteiger partial charge in [-0.15, -0.1) is 13.2 Å². The molecule has 0 spiro atoms. The van der Waals surface area contributed by atoms with Crippen LogP contribution >= 0.6 is 0 Å². The van der Waals surface area contributed by atoms with Crippen LogP contribution in [0.25, 0.3) is 0 Å². The zero-order valence-corrected chi connectivity index (χ0v) is 11.1. The standard InChI is InChI=1S/C12H13F3N2O3/c1-8(18)17(20-12(13,14)15)10-6-4-9(5-7-10)11(19)16(2)3/h4-7H,1-3H3. The molecule has 0 aliphatic carbocycles. The fraction of sp³-hybridized carbons (Fsp3) is 0.333. The molecule has 0 saturated carbocycles. The molecule has 0 heterocycles. The van der Waals surface area contributed by atoms with E-state index in [1.165, 1.54) is 29.2 Å². The highest BCUT2D eigenvalue weighted by Crippen LogP contribution is 2.24. The zero-order valence-electron chi connectivity index (χ0n) is 11.1. The number of nitrogens with zero attached hydrogens (tertiary/aromatic N) is 2. The molecule has 5 nitrogen and oxygen atoms in total. The monoisotopic (exact) mass is 290 g/mol. The summed E-state index contributed by atoms with van der Waals surface area (Å²) in [5.74, 6) is -1.24. The Morgan fingerprint density at radius 3 is 1.95 bits per heavy atom. The highest BCUT2D eigenvalue weighted by molar-refractivity contribution is 5.95. The van der Waals surface area contributed by atoms with Gasteiger partial charge in [0, 0.05) is 26.6 Å². The van der Waals surface area contributed by atoms with Gasteiger partial charge in [-0.05, 0) is 24.3 Å². The number of alkyl halides is 3. The van der Waals surface area contributed by atoms with Crippen LogP contribution in [0.1, 0.15) is 17.3 Å².